The molecule has 0 amide bonds. The molecule has 25 heavy (non-hydrogen) atoms. The van der Waals surface area contributed by atoms with E-state index in [2.05, 4.69) is 0 Å². The molecule has 0 spiro atoms. The van der Waals surface area contributed by atoms with Gasteiger partial charge in [0.25, 0.3) is 0 Å². The zero-order valence-corrected chi connectivity index (χ0v) is 16.0. The highest BCUT2D eigenvalue weighted by molar-refractivity contribution is 7.99. The average Bonchev–Trinajstić information content (AvgIpc) is 2.51. The standard InChI is InChI=1S/C17H28O7S/c1-10-11(2)17(25-8-6-5-7-15(20)21)24-14(9-22-12(3)18)16(10)23-13(4)19/h10-11,14,16-17H,5-9H2,1-4H3,(H,20,21)/t10-,11?,14?,16-,17-/m1/s1. The van der Waals surface area contributed by atoms with E-state index in [0.717, 1.165) is 12.2 Å². The van der Waals surface area contributed by atoms with Gasteiger partial charge < -0.3 is 19.3 Å². The van der Waals surface area contributed by atoms with Gasteiger partial charge in [0.15, 0.2) is 0 Å². The van der Waals surface area contributed by atoms with Crippen molar-refractivity contribution in [1.82, 2.24) is 0 Å². The number of rotatable bonds is 9. The molecule has 0 saturated carbocycles. The number of carbonyl (C=O) groups is 3. The largest absolute Gasteiger partial charge is 0.481 e. The first-order valence-electron chi connectivity index (χ1n) is 8.51. The minimum Gasteiger partial charge on any atom is -0.481 e. The van der Waals surface area contributed by atoms with Crippen molar-refractivity contribution in [3.8, 4) is 0 Å². The Hall–Kier alpha value is -1.28. The molecule has 0 aliphatic carbocycles. The lowest BCUT2D eigenvalue weighted by molar-refractivity contribution is -0.191. The fraction of sp³-hybridized carbons (Fsp3) is 0.824. The molecule has 1 saturated heterocycles. The number of hydrogen-bond donors (Lipinski definition) is 1. The third-order valence-corrected chi connectivity index (χ3v) is 5.67. The Kier molecular flexibility index (Phi) is 9.27. The summed E-state index contributed by atoms with van der Waals surface area (Å²) in [6.07, 6.45) is 0.624. The lowest BCUT2D eigenvalue weighted by Crippen LogP contribution is -2.52. The fourth-order valence-electron chi connectivity index (χ4n) is 2.74. The van der Waals surface area contributed by atoms with Gasteiger partial charge >= 0.3 is 17.9 Å². The summed E-state index contributed by atoms with van der Waals surface area (Å²) < 4.78 is 16.5. The van der Waals surface area contributed by atoms with Gasteiger partial charge in [-0.05, 0) is 24.5 Å². The maximum Gasteiger partial charge on any atom is 0.303 e. The van der Waals surface area contributed by atoms with E-state index in [-0.39, 0.29) is 36.3 Å². The van der Waals surface area contributed by atoms with E-state index in [1.54, 1.807) is 11.8 Å². The Labute approximate surface area is 152 Å². The number of carboxylic acids is 1. The van der Waals surface area contributed by atoms with E-state index in [1.165, 1.54) is 13.8 Å². The van der Waals surface area contributed by atoms with Crippen molar-refractivity contribution < 1.29 is 33.7 Å². The summed E-state index contributed by atoms with van der Waals surface area (Å²) in [6.45, 7) is 6.76. The molecule has 2 unspecified atom stereocenters. The van der Waals surface area contributed by atoms with Crippen molar-refractivity contribution in [2.75, 3.05) is 12.4 Å². The molecule has 1 rings (SSSR count). The molecule has 8 heteroatoms. The second kappa shape index (κ2) is 10.7. The lowest BCUT2D eigenvalue weighted by atomic mass is 9.85. The number of carbonyl (C=O) groups excluding carboxylic acids is 2. The predicted molar refractivity (Wildman–Crippen MR) is 93.1 cm³/mol. The van der Waals surface area contributed by atoms with Crippen LogP contribution in [0.1, 0.15) is 47.0 Å². The Morgan fingerprint density at radius 1 is 1.08 bits per heavy atom. The first-order chi connectivity index (χ1) is 11.7. The van der Waals surface area contributed by atoms with E-state index < -0.39 is 24.1 Å². The van der Waals surface area contributed by atoms with Crippen molar-refractivity contribution in [3.63, 3.8) is 0 Å². The van der Waals surface area contributed by atoms with Gasteiger partial charge in [0.1, 0.15) is 24.3 Å². The molecule has 1 fully saturated rings. The lowest BCUT2D eigenvalue weighted by Gasteiger charge is -2.43. The number of thioether (sulfide) groups is 1. The van der Waals surface area contributed by atoms with Crippen LogP contribution >= 0.6 is 11.8 Å². The molecular weight excluding hydrogens is 348 g/mol. The maximum absolute atomic E-state index is 11.4. The monoisotopic (exact) mass is 376 g/mol. The van der Waals surface area contributed by atoms with Crippen LogP contribution in [-0.2, 0) is 28.6 Å². The number of esters is 2. The summed E-state index contributed by atoms with van der Waals surface area (Å²) in [5.41, 5.74) is -0.118. The first-order valence-corrected chi connectivity index (χ1v) is 9.56. The molecule has 1 N–H and O–H groups in total. The Morgan fingerprint density at radius 2 is 1.76 bits per heavy atom. The molecule has 1 heterocycles. The van der Waals surface area contributed by atoms with Gasteiger partial charge in [-0.15, -0.1) is 11.8 Å². The third-order valence-electron chi connectivity index (χ3n) is 4.27. The molecule has 0 bridgehead atoms. The van der Waals surface area contributed by atoms with Crippen LogP contribution in [0.15, 0.2) is 0 Å². The Bertz CT molecular complexity index is 468. The normalized spacial score (nSPS) is 29.0. The van der Waals surface area contributed by atoms with Crippen LogP contribution < -0.4 is 0 Å². The van der Waals surface area contributed by atoms with Crippen molar-refractivity contribution in [3.05, 3.63) is 0 Å². The summed E-state index contributed by atoms with van der Waals surface area (Å²) in [4.78, 5) is 33.0. The summed E-state index contributed by atoms with van der Waals surface area (Å²) in [5, 5.41) is 8.66. The quantitative estimate of drug-likeness (QED) is 0.484. The molecule has 0 aromatic carbocycles. The molecule has 0 aromatic heterocycles. The zero-order valence-electron chi connectivity index (χ0n) is 15.2. The number of ether oxygens (including phenoxy) is 3. The topological polar surface area (TPSA) is 99.1 Å². The number of carboxylic acid groups (broad SMARTS) is 1. The summed E-state index contributed by atoms with van der Waals surface area (Å²) in [7, 11) is 0. The highest BCUT2D eigenvalue weighted by Crippen LogP contribution is 2.38. The van der Waals surface area contributed by atoms with Gasteiger partial charge in [0.05, 0.1) is 0 Å². The molecule has 7 nitrogen and oxygen atoms in total. The van der Waals surface area contributed by atoms with Crippen LogP contribution in [0.4, 0.5) is 0 Å². The van der Waals surface area contributed by atoms with Crippen LogP contribution in [-0.4, -0.2) is 53.0 Å². The highest BCUT2D eigenvalue weighted by atomic mass is 32.2. The molecule has 144 valence electrons. The van der Waals surface area contributed by atoms with Crippen LogP contribution in [0, 0.1) is 11.8 Å². The van der Waals surface area contributed by atoms with Crippen LogP contribution in [0.3, 0.4) is 0 Å². The number of hydrogen-bond acceptors (Lipinski definition) is 7. The van der Waals surface area contributed by atoms with E-state index in [4.69, 9.17) is 19.3 Å². The predicted octanol–water partition coefficient (Wildman–Crippen LogP) is 2.47. The second-order valence-corrected chi connectivity index (χ2v) is 7.57. The second-order valence-electron chi connectivity index (χ2n) is 6.36. The Morgan fingerprint density at radius 3 is 2.32 bits per heavy atom. The van der Waals surface area contributed by atoms with E-state index in [0.29, 0.717) is 6.42 Å². The minimum atomic E-state index is -0.786. The van der Waals surface area contributed by atoms with Crippen LogP contribution in [0.25, 0.3) is 0 Å². The third kappa shape index (κ3) is 7.64. The molecule has 5 atom stereocenters. The van der Waals surface area contributed by atoms with Gasteiger partial charge in [-0.1, -0.05) is 13.8 Å². The van der Waals surface area contributed by atoms with Crippen LogP contribution in [0.2, 0.25) is 0 Å². The average molecular weight is 376 g/mol. The highest BCUT2D eigenvalue weighted by Gasteiger charge is 2.43. The summed E-state index contributed by atoms with van der Waals surface area (Å²) >= 11 is 1.62. The van der Waals surface area contributed by atoms with Gasteiger partial charge in [-0.25, -0.2) is 0 Å². The zero-order chi connectivity index (χ0) is 19.0. The fourth-order valence-corrected chi connectivity index (χ4v) is 4.11. The molecule has 1 aliphatic heterocycles. The van der Waals surface area contributed by atoms with Gasteiger partial charge in [0.2, 0.25) is 0 Å². The first kappa shape index (κ1) is 21.8. The van der Waals surface area contributed by atoms with E-state index in [9.17, 15) is 14.4 Å². The van der Waals surface area contributed by atoms with Gasteiger partial charge in [-0.2, -0.15) is 0 Å². The number of aliphatic carboxylic acids is 1. The summed E-state index contributed by atoms with van der Waals surface area (Å²) in [6, 6.07) is 0. The SMILES string of the molecule is CC(=O)OCC1O[C@H](SCCCCC(=O)O)C(C)[C@@H](C)[C@H]1OC(C)=O. The number of unbranched alkanes of at least 4 members (excludes halogenated alkanes) is 1. The Balaban J connectivity index is 2.63. The molecular formula is C17H28O7S. The summed E-state index contributed by atoms with van der Waals surface area (Å²) in [5.74, 6) is -0.605. The molecule has 0 radical (unpaired) electrons. The van der Waals surface area contributed by atoms with E-state index in [1.807, 2.05) is 13.8 Å². The molecule has 0 aromatic rings. The van der Waals surface area contributed by atoms with E-state index >= 15 is 0 Å². The van der Waals surface area contributed by atoms with Crippen molar-refractivity contribution in [2.24, 2.45) is 11.8 Å². The van der Waals surface area contributed by atoms with Gasteiger partial charge in [0, 0.05) is 26.2 Å². The van der Waals surface area contributed by atoms with Crippen LogP contribution in [0.5, 0.6) is 0 Å². The van der Waals surface area contributed by atoms with Crippen molar-refractivity contribution in [2.45, 2.75) is 64.6 Å². The van der Waals surface area contributed by atoms with Gasteiger partial charge in [-0.3, -0.25) is 14.4 Å². The maximum atomic E-state index is 11.4. The smallest absolute Gasteiger partial charge is 0.303 e. The minimum absolute atomic E-state index is 0.0421. The van der Waals surface area contributed by atoms with Crippen molar-refractivity contribution in [1.29, 1.82) is 0 Å². The van der Waals surface area contributed by atoms with Crippen molar-refractivity contribution >= 4 is 29.7 Å². The molecule has 1 aliphatic rings.